The second-order valence-electron chi connectivity index (χ2n) is 11.1. The van der Waals surface area contributed by atoms with E-state index in [9.17, 15) is 9.90 Å². The Morgan fingerprint density at radius 2 is 1.98 bits per heavy atom. The van der Waals surface area contributed by atoms with Crippen LogP contribution in [0, 0.1) is 5.41 Å². The second-order valence-corrected chi connectivity index (χ2v) is 11.1. The van der Waals surface area contributed by atoms with Gasteiger partial charge < -0.3 is 26.0 Å². The summed E-state index contributed by atoms with van der Waals surface area (Å²) < 4.78 is 1.96. The van der Waals surface area contributed by atoms with E-state index < -0.39 is 0 Å². The molecule has 6 rings (SSSR count). The summed E-state index contributed by atoms with van der Waals surface area (Å²) in [6, 6.07) is 18.7. The number of β-amino-alcohol motifs (C(OH)–C–C–N with tert-alkyl or cyclic N) is 1. The zero-order chi connectivity index (χ0) is 28.3. The molecule has 212 valence electrons. The number of hydrogen-bond acceptors (Lipinski definition) is 5. The van der Waals surface area contributed by atoms with Crippen LogP contribution in [-0.2, 0) is 11.3 Å². The highest BCUT2D eigenvalue weighted by molar-refractivity contribution is 6.05. The molecule has 41 heavy (non-hydrogen) atoms. The number of piperidine rings is 1. The number of aromatic nitrogens is 3. The molecule has 0 aliphatic carbocycles. The summed E-state index contributed by atoms with van der Waals surface area (Å²) in [4.78, 5) is 22.4. The summed E-state index contributed by atoms with van der Waals surface area (Å²) in [5.74, 6) is 0.652. The molecule has 0 bridgehead atoms. The molecule has 4 aromatic rings. The van der Waals surface area contributed by atoms with E-state index in [0.29, 0.717) is 44.7 Å². The van der Waals surface area contributed by atoms with Gasteiger partial charge in [0.25, 0.3) is 0 Å². The van der Waals surface area contributed by atoms with E-state index in [1.54, 1.807) is 0 Å². The summed E-state index contributed by atoms with van der Waals surface area (Å²) in [6.45, 7) is 2.64. The fourth-order valence-electron chi connectivity index (χ4n) is 6.08. The van der Waals surface area contributed by atoms with Gasteiger partial charge in [0.05, 0.1) is 23.9 Å². The van der Waals surface area contributed by atoms with Crippen LogP contribution in [0.4, 0.5) is 0 Å². The standard InChI is InChI=1S/C31H36N8O2/c32-19-35-31(33)30-26(22-6-7-23-18-39(37-28(23)12-22)17-20-4-2-1-3-5-20)15-27(36-30)21-8-10-38(11-9-21)29(41)14-24-13-25(40)16-34-24/h1-7,12,15,18-19,21,24-25,34,36,40H,8-11,13-14,16-17H2,(H3,32,33,35). The van der Waals surface area contributed by atoms with E-state index in [2.05, 4.69) is 57.9 Å². The van der Waals surface area contributed by atoms with E-state index in [-0.39, 0.29) is 29.8 Å². The van der Waals surface area contributed by atoms with Crippen molar-refractivity contribution in [3.8, 4) is 11.1 Å². The Morgan fingerprint density at radius 1 is 1.17 bits per heavy atom. The van der Waals surface area contributed by atoms with Crippen molar-refractivity contribution < 1.29 is 9.90 Å². The third kappa shape index (κ3) is 5.94. The van der Waals surface area contributed by atoms with Crippen molar-refractivity contribution in [3.05, 3.63) is 77.7 Å². The van der Waals surface area contributed by atoms with Crippen LogP contribution >= 0.6 is 0 Å². The van der Waals surface area contributed by atoms with Gasteiger partial charge in [0.2, 0.25) is 5.91 Å². The lowest BCUT2D eigenvalue weighted by molar-refractivity contribution is -0.132. The van der Waals surface area contributed by atoms with Gasteiger partial charge in [-0.2, -0.15) is 5.10 Å². The molecule has 2 unspecified atom stereocenters. The number of hydrogen-bond donors (Lipinski definition) is 5. The number of carbonyl (C=O) groups excluding carboxylic acids is 1. The number of aromatic amines is 1. The largest absolute Gasteiger partial charge is 0.392 e. The Kier molecular flexibility index (Phi) is 7.67. The van der Waals surface area contributed by atoms with Crippen LogP contribution in [0.25, 0.3) is 22.0 Å². The average Bonchev–Trinajstić information content (AvgIpc) is 3.71. The molecule has 0 saturated carbocycles. The van der Waals surface area contributed by atoms with Gasteiger partial charge >= 0.3 is 0 Å². The van der Waals surface area contributed by atoms with Crippen molar-refractivity contribution in [2.75, 3.05) is 19.6 Å². The second kappa shape index (κ2) is 11.7. The number of benzene rings is 2. The number of nitrogens with one attached hydrogen (secondary N) is 3. The Labute approximate surface area is 238 Å². The number of rotatable bonds is 8. The number of aliphatic hydroxyl groups is 1. The highest BCUT2D eigenvalue weighted by Crippen LogP contribution is 2.34. The molecule has 6 N–H and O–H groups in total. The number of nitrogens with zero attached hydrogens (tertiary/aromatic N) is 4. The third-order valence-corrected chi connectivity index (χ3v) is 8.26. The minimum atomic E-state index is -0.357. The number of aliphatic hydroxyl groups excluding tert-OH is 1. The first-order valence-corrected chi connectivity index (χ1v) is 14.2. The lowest BCUT2D eigenvalue weighted by atomic mass is 9.92. The molecule has 2 saturated heterocycles. The molecule has 2 atom stereocenters. The van der Waals surface area contributed by atoms with Crippen molar-refractivity contribution in [2.24, 2.45) is 10.7 Å². The maximum absolute atomic E-state index is 12.9. The van der Waals surface area contributed by atoms with Crippen molar-refractivity contribution >= 4 is 29.0 Å². The molecule has 1 amide bonds. The first-order valence-electron chi connectivity index (χ1n) is 14.2. The van der Waals surface area contributed by atoms with Gasteiger partial charge in [0.1, 0.15) is 12.2 Å². The number of nitrogens with two attached hydrogens (primary N) is 1. The van der Waals surface area contributed by atoms with E-state index in [0.717, 1.165) is 46.9 Å². The van der Waals surface area contributed by atoms with E-state index in [4.69, 9.17) is 16.2 Å². The lowest BCUT2D eigenvalue weighted by Crippen LogP contribution is -2.40. The van der Waals surface area contributed by atoms with Gasteiger partial charge in [-0.05, 0) is 42.5 Å². The molecule has 2 aliphatic heterocycles. The molecule has 4 heterocycles. The van der Waals surface area contributed by atoms with Gasteiger partial charge in [-0.25, -0.2) is 4.99 Å². The number of amidine groups is 1. The zero-order valence-electron chi connectivity index (χ0n) is 23.0. The highest BCUT2D eigenvalue weighted by atomic mass is 16.3. The Bertz CT molecular complexity index is 1570. The summed E-state index contributed by atoms with van der Waals surface area (Å²) in [7, 11) is 0. The summed E-state index contributed by atoms with van der Waals surface area (Å²) in [5.41, 5.74) is 12.0. The molecular formula is C31H36N8O2. The summed E-state index contributed by atoms with van der Waals surface area (Å²) in [5, 5.41) is 26.3. The maximum Gasteiger partial charge on any atom is 0.224 e. The molecule has 10 heteroatoms. The fourth-order valence-corrected chi connectivity index (χ4v) is 6.08. The maximum atomic E-state index is 12.9. The number of fused-ring (bicyclic) bond motifs is 1. The van der Waals surface area contributed by atoms with E-state index >= 15 is 0 Å². The third-order valence-electron chi connectivity index (χ3n) is 8.26. The van der Waals surface area contributed by atoms with Crippen molar-refractivity contribution in [1.29, 1.82) is 5.41 Å². The van der Waals surface area contributed by atoms with Gasteiger partial charge in [0, 0.05) is 60.9 Å². The Hall–Kier alpha value is -4.28. The van der Waals surface area contributed by atoms with Gasteiger partial charge in [0.15, 0.2) is 0 Å². The molecule has 2 aromatic heterocycles. The fraction of sp³-hybridized carbons (Fsp3) is 0.355. The number of amides is 1. The van der Waals surface area contributed by atoms with Crippen LogP contribution in [-0.4, -0.2) is 74.6 Å². The number of likely N-dealkylation sites (tertiary alicyclic amines) is 1. The van der Waals surface area contributed by atoms with Crippen LogP contribution in [0.1, 0.15) is 48.6 Å². The van der Waals surface area contributed by atoms with Crippen LogP contribution in [0.5, 0.6) is 0 Å². The number of aliphatic imine (C=N–C) groups is 1. The SMILES string of the molecule is N=CN=C(N)c1[nH]c(C2CCN(C(=O)CC3CC(O)CN3)CC2)cc1-c1ccc2cn(Cc3ccccc3)nc2c1. The van der Waals surface area contributed by atoms with Gasteiger partial charge in [-0.1, -0.05) is 42.5 Å². The lowest BCUT2D eigenvalue weighted by Gasteiger charge is -2.32. The minimum absolute atomic E-state index is 0.0573. The van der Waals surface area contributed by atoms with Gasteiger partial charge in [-0.15, -0.1) is 0 Å². The van der Waals surface area contributed by atoms with Crippen LogP contribution in [0.3, 0.4) is 0 Å². The Morgan fingerprint density at radius 3 is 2.71 bits per heavy atom. The van der Waals surface area contributed by atoms with Crippen molar-refractivity contribution in [1.82, 2.24) is 25.0 Å². The molecule has 0 radical (unpaired) electrons. The molecular weight excluding hydrogens is 516 g/mol. The number of carbonyl (C=O) groups is 1. The Balaban J connectivity index is 1.20. The van der Waals surface area contributed by atoms with Crippen molar-refractivity contribution in [3.63, 3.8) is 0 Å². The first-order chi connectivity index (χ1) is 20.0. The van der Waals surface area contributed by atoms with Crippen LogP contribution < -0.4 is 11.1 Å². The van der Waals surface area contributed by atoms with Crippen LogP contribution in [0.15, 0.2) is 65.8 Å². The quantitative estimate of drug-likeness (QED) is 0.168. The molecule has 2 aliphatic rings. The predicted octanol–water partition coefficient (Wildman–Crippen LogP) is 3.21. The monoisotopic (exact) mass is 552 g/mol. The van der Waals surface area contributed by atoms with E-state index in [1.807, 2.05) is 27.8 Å². The minimum Gasteiger partial charge on any atom is -0.392 e. The van der Waals surface area contributed by atoms with Crippen molar-refractivity contribution in [2.45, 2.75) is 50.3 Å². The highest BCUT2D eigenvalue weighted by Gasteiger charge is 2.30. The first kappa shape index (κ1) is 26.9. The molecule has 10 nitrogen and oxygen atoms in total. The smallest absolute Gasteiger partial charge is 0.224 e. The average molecular weight is 553 g/mol. The van der Waals surface area contributed by atoms with Crippen LogP contribution in [0.2, 0.25) is 0 Å². The normalized spacial score (nSPS) is 20.1. The predicted molar refractivity (Wildman–Crippen MR) is 160 cm³/mol. The van der Waals surface area contributed by atoms with Gasteiger partial charge in [-0.3, -0.25) is 14.9 Å². The summed E-state index contributed by atoms with van der Waals surface area (Å²) in [6.07, 6.45) is 5.40. The summed E-state index contributed by atoms with van der Waals surface area (Å²) >= 11 is 0. The molecule has 2 fully saturated rings. The topological polar surface area (TPSA) is 148 Å². The molecule has 0 spiro atoms. The molecule has 2 aromatic carbocycles. The zero-order valence-corrected chi connectivity index (χ0v) is 23.0. The number of H-pyrrole nitrogens is 1. The van der Waals surface area contributed by atoms with E-state index in [1.165, 1.54) is 5.56 Å².